The molecule has 0 aliphatic heterocycles. The number of aryl methyl sites for hydroxylation is 2. The van der Waals surface area contributed by atoms with Gasteiger partial charge in [-0.2, -0.15) is 13.2 Å². The van der Waals surface area contributed by atoms with Gasteiger partial charge in [0.25, 0.3) is 0 Å². The fraction of sp³-hybridized carbons (Fsp3) is 0.300. The van der Waals surface area contributed by atoms with Crippen molar-refractivity contribution in [3.63, 3.8) is 0 Å². The molecule has 0 radical (unpaired) electrons. The van der Waals surface area contributed by atoms with E-state index >= 15 is 0 Å². The van der Waals surface area contributed by atoms with Gasteiger partial charge < -0.3 is 9.14 Å². The lowest BCUT2D eigenvalue weighted by molar-refractivity contribution is -0.141. The predicted octanol–water partition coefficient (Wildman–Crippen LogP) is 4.74. The van der Waals surface area contributed by atoms with Crippen molar-refractivity contribution in [2.24, 2.45) is 0 Å². The lowest BCUT2D eigenvalue weighted by atomic mass is 10.1. The van der Waals surface area contributed by atoms with Crippen molar-refractivity contribution in [1.82, 2.24) is 9.38 Å². The van der Waals surface area contributed by atoms with Crippen LogP contribution in [0.3, 0.4) is 0 Å². The second-order valence-electron chi connectivity index (χ2n) is 6.37. The number of fused-ring (bicyclic) bond motifs is 1. The number of nitrogens with zero attached hydrogens (tertiary/aromatic N) is 2. The number of imidazole rings is 1. The number of rotatable bonds is 4. The average molecular weight is 376 g/mol. The Morgan fingerprint density at radius 1 is 1.15 bits per heavy atom. The molecule has 142 valence electrons. The Kier molecular flexibility index (Phi) is 4.95. The van der Waals surface area contributed by atoms with Crippen LogP contribution in [0.2, 0.25) is 0 Å². The van der Waals surface area contributed by atoms with Crippen LogP contribution < -0.4 is 0 Å². The molecule has 4 nitrogen and oxygen atoms in total. The highest BCUT2D eigenvalue weighted by molar-refractivity contribution is 5.90. The molecule has 0 fully saturated rings. The van der Waals surface area contributed by atoms with Gasteiger partial charge in [0.15, 0.2) is 5.69 Å². The highest BCUT2D eigenvalue weighted by Crippen LogP contribution is 2.34. The van der Waals surface area contributed by atoms with E-state index in [-0.39, 0.29) is 29.9 Å². The first-order valence-corrected chi connectivity index (χ1v) is 8.52. The minimum Gasteiger partial charge on any atom is -0.462 e. The molecule has 0 atom stereocenters. The number of carbonyl (C=O) groups excluding carboxylic acids is 1. The number of ether oxygens (including phenoxy) is 1. The highest BCUT2D eigenvalue weighted by atomic mass is 19.4. The Labute approximate surface area is 154 Å². The molecule has 0 unspecified atom stereocenters. The SMILES string of the molecule is CCOC(=O)c1cc(C)n2c(Cc3ccc(C)cc3)c(C(F)(F)F)nc2c1. The summed E-state index contributed by atoms with van der Waals surface area (Å²) >= 11 is 0. The second-order valence-corrected chi connectivity index (χ2v) is 6.37. The van der Waals surface area contributed by atoms with E-state index in [9.17, 15) is 18.0 Å². The Balaban J connectivity index is 2.17. The van der Waals surface area contributed by atoms with Crippen molar-refractivity contribution in [3.05, 3.63) is 70.2 Å². The summed E-state index contributed by atoms with van der Waals surface area (Å²) in [7, 11) is 0. The summed E-state index contributed by atoms with van der Waals surface area (Å²) < 4.78 is 47.2. The quantitative estimate of drug-likeness (QED) is 0.618. The lowest BCUT2D eigenvalue weighted by Gasteiger charge is -2.11. The molecule has 0 aliphatic rings. The number of benzene rings is 1. The van der Waals surface area contributed by atoms with Crippen molar-refractivity contribution >= 4 is 11.6 Å². The van der Waals surface area contributed by atoms with E-state index in [2.05, 4.69) is 4.98 Å². The standard InChI is InChI=1S/C20H19F3N2O2/c1-4-27-19(26)15-9-13(3)25-16(10-14-7-5-12(2)6-8-14)18(20(21,22)23)24-17(25)11-15/h5-9,11H,4,10H2,1-3H3. The minimum absolute atomic E-state index is 0.0502. The van der Waals surface area contributed by atoms with E-state index < -0.39 is 17.8 Å². The first-order chi connectivity index (χ1) is 12.7. The molecule has 2 aromatic heterocycles. The topological polar surface area (TPSA) is 43.6 Å². The third-order valence-corrected chi connectivity index (χ3v) is 4.27. The van der Waals surface area contributed by atoms with Gasteiger partial charge >= 0.3 is 12.1 Å². The molecule has 1 aromatic carbocycles. The summed E-state index contributed by atoms with van der Waals surface area (Å²) in [6.07, 6.45) is -4.52. The Morgan fingerprint density at radius 3 is 2.41 bits per heavy atom. The fourth-order valence-corrected chi connectivity index (χ4v) is 3.06. The number of halogens is 3. The van der Waals surface area contributed by atoms with Gasteiger partial charge in [-0.25, -0.2) is 9.78 Å². The van der Waals surface area contributed by atoms with Crippen LogP contribution in [0, 0.1) is 13.8 Å². The molecular weight excluding hydrogens is 357 g/mol. The van der Waals surface area contributed by atoms with Gasteiger partial charge in [-0.3, -0.25) is 0 Å². The van der Waals surface area contributed by atoms with Crippen LogP contribution in [0.5, 0.6) is 0 Å². The van der Waals surface area contributed by atoms with Crippen molar-refractivity contribution < 1.29 is 22.7 Å². The maximum Gasteiger partial charge on any atom is 0.435 e. The van der Waals surface area contributed by atoms with E-state index in [0.29, 0.717) is 5.69 Å². The number of aromatic nitrogens is 2. The normalized spacial score (nSPS) is 11.8. The van der Waals surface area contributed by atoms with Crippen molar-refractivity contribution in [1.29, 1.82) is 0 Å². The molecule has 0 saturated carbocycles. The van der Waals surface area contributed by atoms with Gasteiger partial charge in [-0.1, -0.05) is 29.8 Å². The Hall–Kier alpha value is -2.83. The second kappa shape index (κ2) is 7.06. The van der Waals surface area contributed by atoms with Crippen molar-refractivity contribution in [2.75, 3.05) is 6.61 Å². The van der Waals surface area contributed by atoms with Gasteiger partial charge in [-0.15, -0.1) is 0 Å². The van der Waals surface area contributed by atoms with Crippen LogP contribution in [0.4, 0.5) is 13.2 Å². The molecule has 0 saturated heterocycles. The summed E-state index contributed by atoms with van der Waals surface area (Å²) in [5.74, 6) is -0.584. The first kappa shape index (κ1) is 18.9. The summed E-state index contributed by atoms with van der Waals surface area (Å²) in [4.78, 5) is 15.8. The minimum atomic E-state index is -4.59. The number of alkyl halides is 3. The summed E-state index contributed by atoms with van der Waals surface area (Å²) in [6, 6.07) is 10.2. The Morgan fingerprint density at radius 2 is 1.81 bits per heavy atom. The molecule has 2 heterocycles. The van der Waals surface area contributed by atoms with Gasteiger partial charge in [-0.05, 0) is 38.5 Å². The zero-order valence-electron chi connectivity index (χ0n) is 15.2. The molecule has 0 bridgehead atoms. The van der Waals surface area contributed by atoms with Crippen molar-refractivity contribution in [2.45, 2.75) is 33.4 Å². The largest absolute Gasteiger partial charge is 0.462 e. The number of pyridine rings is 1. The third-order valence-electron chi connectivity index (χ3n) is 4.27. The Bertz CT molecular complexity index is 989. The number of hydrogen-bond acceptors (Lipinski definition) is 3. The third kappa shape index (κ3) is 3.82. The predicted molar refractivity (Wildman–Crippen MR) is 94.9 cm³/mol. The molecular formula is C20H19F3N2O2. The summed E-state index contributed by atoms with van der Waals surface area (Å²) in [5.41, 5.74) is 1.64. The van der Waals surface area contributed by atoms with Crippen LogP contribution in [-0.2, 0) is 17.3 Å². The van der Waals surface area contributed by atoms with E-state index in [1.165, 1.54) is 16.5 Å². The zero-order chi connectivity index (χ0) is 19.8. The highest BCUT2D eigenvalue weighted by Gasteiger charge is 2.38. The maximum absolute atomic E-state index is 13.6. The summed E-state index contributed by atoms with van der Waals surface area (Å²) in [5, 5.41) is 0. The van der Waals surface area contributed by atoms with Crippen molar-refractivity contribution in [3.8, 4) is 0 Å². The molecule has 7 heteroatoms. The van der Waals surface area contributed by atoms with Crippen LogP contribution in [0.1, 0.15) is 45.5 Å². The zero-order valence-corrected chi connectivity index (χ0v) is 15.2. The van der Waals surface area contributed by atoms with Gasteiger partial charge in [0.1, 0.15) is 5.65 Å². The van der Waals surface area contributed by atoms with E-state index in [1.54, 1.807) is 26.0 Å². The van der Waals surface area contributed by atoms with Gasteiger partial charge in [0.2, 0.25) is 0 Å². The molecule has 0 aliphatic carbocycles. The van der Waals surface area contributed by atoms with Crippen LogP contribution in [0.25, 0.3) is 5.65 Å². The van der Waals surface area contributed by atoms with Crippen LogP contribution >= 0.6 is 0 Å². The van der Waals surface area contributed by atoms with Crippen LogP contribution in [-0.4, -0.2) is 22.0 Å². The molecule has 0 N–H and O–H groups in total. The molecule has 0 amide bonds. The molecule has 27 heavy (non-hydrogen) atoms. The average Bonchev–Trinajstić information content (AvgIpc) is 2.96. The van der Waals surface area contributed by atoms with Crippen LogP contribution in [0.15, 0.2) is 36.4 Å². The number of carbonyl (C=O) groups is 1. The molecule has 3 aromatic rings. The maximum atomic E-state index is 13.6. The number of hydrogen-bond donors (Lipinski definition) is 0. The smallest absolute Gasteiger partial charge is 0.435 e. The van der Waals surface area contributed by atoms with Gasteiger partial charge in [0, 0.05) is 12.1 Å². The number of esters is 1. The summed E-state index contributed by atoms with van der Waals surface area (Å²) in [6.45, 7) is 5.42. The fourth-order valence-electron chi connectivity index (χ4n) is 3.06. The van der Waals surface area contributed by atoms with E-state index in [1.807, 2.05) is 19.1 Å². The molecule has 0 spiro atoms. The first-order valence-electron chi connectivity index (χ1n) is 8.52. The lowest BCUT2D eigenvalue weighted by Crippen LogP contribution is -2.11. The van der Waals surface area contributed by atoms with Gasteiger partial charge in [0.05, 0.1) is 17.9 Å². The van der Waals surface area contributed by atoms with E-state index in [4.69, 9.17) is 4.74 Å². The molecule has 3 rings (SSSR count). The monoisotopic (exact) mass is 376 g/mol. The van der Waals surface area contributed by atoms with E-state index in [0.717, 1.165) is 11.1 Å².